The van der Waals surface area contributed by atoms with Gasteiger partial charge in [0.15, 0.2) is 0 Å². The Morgan fingerprint density at radius 2 is 1.44 bits per heavy atom. The lowest BCUT2D eigenvalue weighted by atomic mass is 10.0. The molecule has 7 nitrogen and oxygen atoms in total. The second-order valence-corrected chi connectivity index (χ2v) is 12.6. The third-order valence-corrected chi connectivity index (χ3v) is 7.61. The minimum atomic E-state index is -3.93. The molecule has 1 unspecified atom stereocenters. The summed E-state index contributed by atoms with van der Waals surface area (Å²) in [7, 11) is -3.93. The number of benzene rings is 3. The van der Waals surface area contributed by atoms with Gasteiger partial charge in [0.1, 0.15) is 12.6 Å². The average Bonchev–Trinajstić information content (AvgIpc) is 2.84. The van der Waals surface area contributed by atoms with Crippen LogP contribution in [-0.4, -0.2) is 50.0 Å². The van der Waals surface area contributed by atoms with Gasteiger partial charge >= 0.3 is 0 Å². The Hall–Kier alpha value is -2.78. The van der Waals surface area contributed by atoms with Crippen LogP contribution in [0.5, 0.6) is 0 Å². The van der Waals surface area contributed by atoms with E-state index in [2.05, 4.69) is 5.32 Å². The molecule has 2 amide bonds. The Labute approximate surface area is 244 Å². The monoisotopic (exact) mass is 609 g/mol. The van der Waals surface area contributed by atoms with Gasteiger partial charge in [0.05, 0.1) is 11.9 Å². The Bertz CT molecular complexity index is 1380. The van der Waals surface area contributed by atoms with E-state index in [0.717, 1.165) is 21.7 Å². The Balaban J connectivity index is 2.06. The number of sulfonamides is 1. The molecule has 1 N–H and O–H groups in total. The van der Waals surface area contributed by atoms with Crippen LogP contribution in [0.1, 0.15) is 25.0 Å². The molecule has 0 spiro atoms. The highest BCUT2D eigenvalue weighted by atomic mass is 35.5. The zero-order chi connectivity index (χ0) is 28.7. The van der Waals surface area contributed by atoms with Gasteiger partial charge in [-0.05, 0) is 55.3 Å². The molecule has 0 fully saturated rings. The molecule has 39 heavy (non-hydrogen) atoms. The fourth-order valence-electron chi connectivity index (χ4n) is 4.02. The summed E-state index contributed by atoms with van der Waals surface area (Å²) in [4.78, 5) is 28.9. The van der Waals surface area contributed by atoms with Crippen molar-refractivity contribution in [2.24, 2.45) is 0 Å². The van der Waals surface area contributed by atoms with Gasteiger partial charge < -0.3 is 10.2 Å². The molecule has 1 atom stereocenters. The molecule has 0 aliphatic carbocycles. The van der Waals surface area contributed by atoms with Crippen LogP contribution in [0.2, 0.25) is 15.1 Å². The van der Waals surface area contributed by atoms with Crippen molar-refractivity contribution in [2.45, 2.75) is 38.9 Å². The standard InChI is InChI=1S/C28H30Cl3N3O4S/c1-19(2)32-28(36)26(13-20-7-5-4-6-8-20)33(17-21-9-11-22(29)12-10-21)27(35)18-34(39(3,37)38)25-15-23(30)14-24(31)16-25/h4-12,14-16,19,26H,13,17-18H2,1-3H3,(H,32,36). The molecule has 208 valence electrons. The highest BCUT2D eigenvalue weighted by Crippen LogP contribution is 2.27. The number of hydrogen-bond acceptors (Lipinski definition) is 4. The van der Waals surface area contributed by atoms with Gasteiger partial charge in [-0.25, -0.2) is 8.42 Å². The maximum atomic E-state index is 14.0. The molecule has 3 aromatic rings. The lowest BCUT2D eigenvalue weighted by Gasteiger charge is -2.34. The van der Waals surface area contributed by atoms with Crippen molar-refractivity contribution in [1.82, 2.24) is 10.2 Å². The molecule has 11 heteroatoms. The van der Waals surface area contributed by atoms with E-state index in [1.807, 2.05) is 44.2 Å². The molecule has 0 saturated carbocycles. The van der Waals surface area contributed by atoms with Crippen LogP contribution in [0, 0.1) is 0 Å². The normalized spacial score (nSPS) is 12.2. The van der Waals surface area contributed by atoms with Crippen molar-refractivity contribution < 1.29 is 18.0 Å². The number of carbonyl (C=O) groups is 2. The first kappa shape index (κ1) is 30.8. The van der Waals surface area contributed by atoms with Crippen molar-refractivity contribution in [2.75, 3.05) is 17.1 Å². The van der Waals surface area contributed by atoms with Crippen molar-refractivity contribution in [3.05, 3.63) is 99.0 Å². The van der Waals surface area contributed by atoms with E-state index >= 15 is 0 Å². The second-order valence-electron chi connectivity index (χ2n) is 9.41. The predicted octanol–water partition coefficient (Wildman–Crippen LogP) is 5.58. The molecule has 0 radical (unpaired) electrons. The van der Waals surface area contributed by atoms with Crippen molar-refractivity contribution in [1.29, 1.82) is 0 Å². The lowest BCUT2D eigenvalue weighted by Crippen LogP contribution is -2.54. The number of carbonyl (C=O) groups excluding carboxylic acids is 2. The summed E-state index contributed by atoms with van der Waals surface area (Å²) in [6.45, 7) is 3.14. The second kappa shape index (κ2) is 13.5. The van der Waals surface area contributed by atoms with Crippen LogP contribution < -0.4 is 9.62 Å². The Morgan fingerprint density at radius 1 is 0.846 bits per heavy atom. The zero-order valence-corrected chi connectivity index (χ0v) is 24.9. The van der Waals surface area contributed by atoms with Crippen LogP contribution in [0.25, 0.3) is 0 Å². The third-order valence-electron chi connectivity index (χ3n) is 5.78. The number of anilines is 1. The molecule has 3 aromatic carbocycles. The molecule has 0 saturated heterocycles. The van der Waals surface area contributed by atoms with E-state index in [1.165, 1.54) is 23.1 Å². The van der Waals surface area contributed by atoms with E-state index < -0.39 is 28.5 Å². The van der Waals surface area contributed by atoms with Gasteiger partial charge in [-0.1, -0.05) is 77.3 Å². The van der Waals surface area contributed by atoms with Crippen LogP contribution in [0.4, 0.5) is 5.69 Å². The number of nitrogens with zero attached hydrogens (tertiary/aromatic N) is 2. The molecule has 0 bridgehead atoms. The lowest BCUT2D eigenvalue weighted by molar-refractivity contribution is -0.140. The molecule has 0 heterocycles. The quantitative estimate of drug-likeness (QED) is 0.307. The molecule has 0 aromatic heterocycles. The third kappa shape index (κ3) is 9.14. The number of nitrogens with one attached hydrogen (secondary N) is 1. The minimum Gasteiger partial charge on any atom is -0.352 e. The van der Waals surface area contributed by atoms with Crippen LogP contribution in [0.15, 0.2) is 72.8 Å². The zero-order valence-electron chi connectivity index (χ0n) is 21.8. The first-order valence-electron chi connectivity index (χ1n) is 12.2. The van der Waals surface area contributed by atoms with Gasteiger partial charge in [-0.15, -0.1) is 0 Å². The Kier molecular flexibility index (Phi) is 10.7. The molecule has 3 rings (SSSR count). The van der Waals surface area contributed by atoms with Crippen molar-refractivity contribution in [3.63, 3.8) is 0 Å². The van der Waals surface area contributed by atoms with E-state index in [-0.39, 0.29) is 40.6 Å². The van der Waals surface area contributed by atoms with E-state index in [4.69, 9.17) is 34.8 Å². The SMILES string of the molecule is CC(C)NC(=O)C(Cc1ccccc1)N(Cc1ccc(Cl)cc1)C(=O)CN(c1cc(Cl)cc(Cl)c1)S(C)(=O)=O. The Morgan fingerprint density at radius 3 is 1.97 bits per heavy atom. The van der Waals surface area contributed by atoms with Crippen LogP contribution in [0.3, 0.4) is 0 Å². The van der Waals surface area contributed by atoms with Crippen molar-refractivity contribution >= 4 is 62.3 Å². The highest BCUT2D eigenvalue weighted by molar-refractivity contribution is 7.92. The van der Waals surface area contributed by atoms with Crippen molar-refractivity contribution in [3.8, 4) is 0 Å². The summed E-state index contributed by atoms with van der Waals surface area (Å²) >= 11 is 18.3. The fraction of sp³-hybridized carbons (Fsp3) is 0.286. The average molecular weight is 611 g/mol. The number of hydrogen-bond donors (Lipinski definition) is 1. The minimum absolute atomic E-state index is 0.0485. The number of rotatable bonds is 11. The summed E-state index contributed by atoms with van der Waals surface area (Å²) in [5, 5.41) is 3.86. The first-order valence-corrected chi connectivity index (χ1v) is 15.1. The van der Waals surface area contributed by atoms with E-state index in [9.17, 15) is 18.0 Å². The number of amides is 2. The largest absolute Gasteiger partial charge is 0.352 e. The smallest absolute Gasteiger partial charge is 0.244 e. The molecular formula is C28H30Cl3N3O4S. The van der Waals surface area contributed by atoms with E-state index in [0.29, 0.717) is 5.02 Å². The maximum absolute atomic E-state index is 14.0. The first-order chi connectivity index (χ1) is 18.3. The molecule has 0 aliphatic rings. The van der Waals surface area contributed by atoms with Gasteiger partial charge in [0.2, 0.25) is 21.8 Å². The summed E-state index contributed by atoms with van der Waals surface area (Å²) < 4.78 is 26.6. The summed E-state index contributed by atoms with van der Waals surface area (Å²) in [6.07, 6.45) is 1.21. The highest BCUT2D eigenvalue weighted by Gasteiger charge is 2.33. The van der Waals surface area contributed by atoms with Crippen LogP contribution in [-0.2, 0) is 32.6 Å². The van der Waals surface area contributed by atoms with Gasteiger partial charge in [-0.3, -0.25) is 13.9 Å². The van der Waals surface area contributed by atoms with Gasteiger partial charge in [0.25, 0.3) is 0 Å². The maximum Gasteiger partial charge on any atom is 0.244 e. The summed E-state index contributed by atoms with van der Waals surface area (Å²) in [5.74, 6) is -0.931. The fourth-order valence-corrected chi connectivity index (χ4v) is 5.49. The number of halogens is 3. The van der Waals surface area contributed by atoms with Crippen LogP contribution >= 0.6 is 34.8 Å². The predicted molar refractivity (Wildman–Crippen MR) is 158 cm³/mol. The summed E-state index contributed by atoms with van der Waals surface area (Å²) in [5.41, 5.74) is 1.71. The molecular weight excluding hydrogens is 581 g/mol. The summed E-state index contributed by atoms with van der Waals surface area (Å²) in [6, 6.07) is 19.4. The van der Waals surface area contributed by atoms with Gasteiger partial charge in [0, 0.05) is 34.1 Å². The van der Waals surface area contributed by atoms with Gasteiger partial charge in [-0.2, -0.15) is 0 Å². The topological polar surface area (TPSA) is 86.8 Å². The molecule has 0 aliphatic heterocycles. The van der Waals surface area contributed by atoms with E-state index in [1.54, 1.807) is 24.3 Å².